The Morgan fingerprint density at radius 3 is 2.57 bits per heavy atom. The SMILES string of the molecule is CN(C)CCc1nnc(CO)n1-c1ccc([N+](=O)[O-])cc1C(=O)c1cccc(Cl)c1. The van der Waals surface area contributed by atoms with Crippen LogP contribution in [0, 0.1) is 10.1 Å². The Kier molecular flexibility index (Phi) is 6.56. The molecule has 0 radical (unpaired) electrons. The Bertz CT molecular complexity index is 1100. The summed E-state index contributed by atoms with van der Waals surface area (Å²) >= 11 is 6.02. The third-order valence-corrected chi connectivity index (χ3v) is 4.72. The summed E-state index contributed by atoms with van der Waals surface area (Å²) in [5, 5.41) is 29.6. The fourth-order valence-electron chi connectivity index (χ4n) is 3.02. The van der Waals surface area contributed by atoms with E-state index < -0.39 is 17.3 Å². The second kappa shape index (κ2) is 9.12. The van der Waals surface area contributed by atoms with E-state index in [4.69, 9.17) is 11.6 Å². The quantitative estimate of drug-likeness (QED) is 0.332. The number of nitrogens with zero attached hydrogens (tertiary/aromatic N) is 5. The summed E-state index contributed by atoms with van der Waals surface area (Å²) in [6.45, 7) is 0.255. The number of rotatable bonds is 8. The number of hydrogen-bond acceptors (Lipinski definition) is 7. The Balaban J connectivity index is 2.20. The standard InChI is InChI=1S/C20H20ClN5O4/c1-24(2)9-8-18-22-23-19(12-27)25(18)17-7-6-15(26(29)30)11-16(17)20(28)13-4-3-5-14(21)10-13/h3-7,10-11,27H,8-9,12H2,1-2H3. The molecule has 0 amide bonds. The Hall–Kier alpha value is -3.14. The summed E-state index contributed by atoms with van der Waals surface area (Å²) in [4.78, 5) is 26.0. The summed E-state index contributed by atoms with van der Waals surface area (Å²) in [5.74, 6) is 0.326. The van der Waals surface area contributed by atoms with Crippen LogP contribution in [0.3, 0.4) is 0 Å². The van der Waals surface area contributed by atoms with E-state index in [1.807, 2.05) is 19.0 Å². The number of ketones is 1. The molecule has 156 valence electrons. The van der Waals surface area contributed by atoms with Crippen LogP contribution in [0.25, 0.3) is 5.69 Å². The number of benzene rings is 2. The van der Waals surface area contributed by atoms with Gasteiger partial charge in [0.15, 0.2) is 11.6 Å². The van der Waals surface area contributed by atoms with Gasteiger partial charge in [-0.1, -0.05) is 23.7 Å². The number of likely N-dealkylation sites (N-methyl/N-ethyl adjacent to an activating group) is 1. The molecule has 0 fully saturated rings. The van der Waals surface area contributed by atoms with E-state index in [1.54, 1.807) is 22.8 Å². The number of non-ortho nitro benzene ring substituents is 1. The van der Waals surface area contributed by atoms with E-state index in [0.717, 1.165) is 0 Å². The van der Waals surface area contributed by atoms with Crippen LogP contribution in [-0.2, 0) is 13.0 Å². The first-order valence-corrected chi connectivity index (χ1v) is 9.47. The van der Waals surface area contributed by atoms with Crippen molar-refractivity contribution < 1.29 is 14.8 Å². The smallest absolute Gasteiger partial charge is 0.270 e. The van der Waals surface area contributed by atoms with Crippen LogP contribution >= 0.6 is 11.6 Å². The Morgan fingerprint density at radius 2 is 1.93 bits per heavy atom. The number of aliphatic hydroxyl groups is 1. The van der Waals surface area contributed by atoms with Crippen molar-refractivity contribution in [2.24, 2.45) is 0 Å². The van der Waals surface area contributed by atoms with Gasteiger partial charge in [-0.3, -0.25) is 19.5 Å². The number of nitro groups is 1. The van der Waals surface area contributed by atoms with Crippen LogP contribution in [0.2, 0.25) is 5.02 Å². The van der Waals surface area contributed by atoms with Gasteiger partial charge in [-0.2, -0.15) is 0 Å². The number of aliphatic hydroxyl groups excluding tert-OH is 1. The van der Waals surface area contributed by atoms with E-state index in [9.17, 15) is 20.0 Å². The molecule has 2 aromatic carbocycles. The third kappa shape index (κ3) is 4.54. The largest absolute Gasteiger partial charge is 0.388 e. The molecule has 10 heteroatoms. The van der Waals surface area contributed by atoms with Gasteiger partial charge < -0.3 is 10.0 Å². The fraction of sp³-hybridized carbons (Fsp3) is 0.250. The van der Waals surface area contributed by atoms with Gasteiger partial charge in [-0.05, 0) is 32.3 Å². The van der Waals surface area contributed by atoms with Crippen LogP contribution in [-0.4, -0.2) is 56.1 Å². The first kappa shape index (κ1) is 21.6. The van der Waals surface area contributed by atoms with Gasteiger partial charge in [0.25, 0.3) is 5.69 Å². The molecule has 0 unspecified atom stereocenters. The van der Waals surface area contributed by atoms with Gasteiger partial charge in [0, 0.05) is 35.7 Å². The molecule has 1 N–H and O–H groups in total. The summed E-state index contributed by atoms with van der Waals surface area (Å²) in [7, 11) is 3.82. The van der Waals surface area contributed by atoms with Crippen molar-refractivity contribution in [1.82, 2.24) is 19.7 Å². The maximum atomic E-state index is 13.3. The summed E-state index contributed by atoms with van der Waals surface area (Å²) < 4.78 is 1.57. The zero-order valence-electron chi connectivity index (χ0n) is 16.4. The van der Waals surface area contributed by atoms with E-state index in [2.05, 4.69) is 10.2 Å². The molecule has 0 saturated carbocycles. The average Bonchev–Trinajstić information content (AvgIpc) is 3.14. The highest BCUT2D eigenvalue weighted by molar-refractivity contribution is 6.31. The minimum atomic E-state index is -0.565. The molecule has 1 aromatic heterocycles. The minimum absolute atomic E-state index is 0.0899. The van der Waals surface area contributed by atoms with Crippen LogP contribution in [0.15, 0.2) is 42.5 Å². The average molecular weight is 430 g/mol. The van der Waals surface area contributed by atoms with Crippen LogP contribution < -0.4 is 0 Å². The number of nitro benzene ring substituents is 1. The second-order valence-corrected chi connectivity index (χ2v) is 7.31. The summed E-state index contributed by atoms with van der Waals surface area (Å²) in [6.07, 6.45) is 0.502. The number of halogens is 1. The van der Waals surface area contributed by atoms with E-state index in [0.29, 0.717) is 29.5 Å². The monoisotopic (exact) mass is 429 g/mol. The normalized spacial score (nSPS) is 11.1. The highest BCUT2D eigenvalue weighted by Crippen LogP contribution is 2.27. The summed E-state index contributed by atoms with van der Waals surface area (Å²) in [6, 6.07) is 10.3. The van der Waals surface area contributed by atoms with Crippen LogP contribution in [0.1, 0.15) is 27.6 Å². The lowest BCUT2D eigenvalue weighted by atomic mass is 10.0. The molecule has 0 aliphatic carbocycles. The number of carbonyl (C=O) groups is 1. The highest BCUT2D eigenvalue weighted by Gasteiger charge is 2.23. The van der Waals surface area contributed by atoms with Gasteiger partial charge in [0.2, 0.25) is 0 Å². The lowest BCUT2D eigenvalue weighted by Crippen LogP contribution is -2.18. The zero-order valence-corrected chi connectivity index (χ0v) is 17.2. The van der Waals surface area contributed by atoms with E-state index >= 15 is 0 Å². The van der Waals surface area contributed by atoms with Gasteiger partial charge in [0.1, 0.15) is 12.4 Å². The van der Waals surface area contributed by atoms with Crippen molar-refractivity contribution in [2.75, 3.05) is 20.6 Å². The van der Waals surface area contributed by atoms with Crippen LogP contribution in [0.4, 0.5) is 5.69 Å². The predicted octanol–water partition coefficient (Wildman–Crippen LogP) is 2.66. The molecular weight excluding hydrogens is 410 g/mol. The van der Waals surface area contributed by atoms with Crippen molar-refractivity contribution in [3.8, 4) is 5.69 Å². The predicted molar refractivity (Wildman–Crippen MR) is 111 cm³/mol. The molecular formula is C20H20ClN5O4. The molecule has 0 saturated heterocycles. The first-order valence-electron chi connectivity index (χ1n) is 9.09. The van der Waals surface area contributed by atoms with Crippen molar-refractivity contribution in [3.05, 3.63) is 80.4 Å². The Morgan fingerprint density at radius 1 is 1.20 bits per heavy atom. The van der Waals surface area contributed by atoms with Gasteiger partial charge >= 0.3 is 0 Å². The third-order valence-electron chi connectivity index (χ3n) is 4.48. The second-order valence-electron chi connectivity index (χ2n) is 6.88. The fourth-order valence-corrected chi connectivity index (χ4v) is 3.21. The molecule has 0 spiro atoms. The molecule has 9 nitrogen and oxygen atoms in total. The summed E-state index contributed by atoms with van der Waals surface area (Å²) in [5.41, 5.74) is 0.510. The zero-order chi connectivity index (χ0) is 21.8. The van der Waals surface area contributed by atoms with Gasteiger partial charge in [-0.25, -0.2) is 0 Å². The van der Waals surface area contributed by atoms with Crippen molar-refractivity contribution >= 4 is 23.1 Å². The van der Waals surface area contributed by atoms with Crippen molar-refractivity contribution in [3.63, 3.8) is 0 Å². The molecule has 3 rings (SSSR count). The van der Waals surface area contributed by atoms with Gasteiger partial charge in [-0.15, -0.1) is 10.2 Å². The number of carbonyl (C=O) groups excluding carboxylic acids is 1. The van der Waals surface area contributed by atoms with Crippen molar-refractivity contribution in [1.29, 1.82) is 0 Å². The molecule has 0 aliphatic heterocycles. The molecule has 3 aromatic rings. The minimum Gasteiger partial charge on any atom is -0.388 e. The maximum Gasteiger partial charge on any atom is 0.270 e. The van der Waals surface area contributed by atoms with E-state index in [1.165, 1.54) is 24.3 Å². The van der Waals surface area contributed by atoms with E-state index in [-0.39, 0.29) is 22.6 Å². The number of aromatic nitrogens is 3. The molecule has 0 atom stereocenters. The highest BCUT2D eigenvalue weighted by atomic mass is 35.5. The van der Waals surface area contributed by atoms with Crippen molar-refractivity contribution in [2.45, 2.75) is 13.0 Å². The molecule has 0 aliphatic rings. The molecule has 0 bridgehead atoms. The van der Waals surface area contributed by atoms with Gasteiger partial charge in [0.05, 0.1) is 16.2 Å². The maximum absolute atomic E-state index is 13.3. The Labute approximate surface area is 177 Å². The molecule has 1 heterocycles. The van der Waals surface area contributed by atoms with Crippen LogP contribution in [0.5, 0.6) is 0 Å². The molecule has 30 heavy (non-hydrogen) atoms. The first-order chi connectivity index (χ1) is 14.3. The number of hydrogen-bond donors (Lipinski definition) is 1. The topological polar surface area (TPSA) is 114 Å². The lowest BCUT2D eigenvalue weighted by Gasteiger charge is -2.15. The lowest BCUT2D eigenvalue weighted by molar-refractivity contribution is -0.384.